The molecule has 0 spiro atoms. The Hall–Kier alpha value is -6.00. The number of fused-ring (bicyclic) bond motifs is 7. The fraction of sp³-hybridized carbons (Fsp3) is 0.0400. The van der Waals surface area contributed by atoms with Gasteiger partial charge in [-0.3, -0.25) is 0 Å². The molecule has 0 atom stereocenters. The highest BCUT2D eigenvalue weighted by Crippen LogP contribution is 2.49. The van der Waals surface area contributed by atoms with Gasteiger partial charge in [-0.25, -0.2) is 0 Å². The van der Waals surface area contributed by atoms with Crippen LogP contribution in [0.4, 0.5) is 0 Å². The van der Waals surface area contributed by atoms with Crippen LogP contribution < -0.4 is 0 Å². The second-order valence-electron chi connectivity index (χ2n) is 14.0. The fourth-order valence-corrected chi connectivity index (χ4v) is 10.6. The number of furan rings is 1. The summed E-state index contributed by atoms with van der Waals surface area (Å²) in [7, 11) is 0. The molecule has 0 aliphatic rings. The molecule has 53 heavy (non-hydrogen) atoms. The Morgan fingerprint density at radius 3 is 1.25 bits per heavy atom. The normalized spacial score (nSPS) is 12.0. The predicted octanol–water partition coefficient (Wildman–Crippen LogP) is 15.6. The highest BCUT2D eigenvalue weighted by molar-refractivity contribution is 7.16. The molecule has 0 saturated heterocycles. The van der Waals surface area contributed by atoms with Gasteiger partial charge in [0.2, 0.25) is 0 Å². The maximum atomic E-state index is 7.04. The van der Waals surface area contributed by atoms with E-state index in [0.717, 1.165) is 33.1 Å². The molecular formula is C50H32OS2. The summed E-state index contributed by atoms with van der Waals surface area (Å²) >= 11 is 3.72. The molecule has 11 aromatic rings. The number of rotatable bonds is 4. The van der Waals surface area contributed by atoms with Gasteiger partial charge in [0, 0.05) is 52.5 Å². The summed E-state index contributed by atoms with van der Waals surface area (Å²) in [6.07, 6.45) is 0. The Labute approximate surface area is 315 Å². The van der Waals surface area contributed by atoms with Crippen LogP contribution >= 0.6 is 22.7 Å². The van der Waals surface area contributed by atoms with Gasteiger partial charge in [0.25, 0.3) is 0 Å². The van der Waals surface area contributed by atoms with E-state index in [1.165, 1.54) is 84.9 Å². The molecule has 0 aliphatic carbocycles. The van der Waals surface area contributed by atoms with E-state index in [1.807, 2.05) is 22.7 Å². The maximum Gasteiger partial charge on any atom is 0.143 e. The average molecular weight is 713 g/mol. The van der Waals surface area contributed by atoms with E-state index >= 15 is 0 Å². The molecule has 0 N–H and O–H groups in total. The molecule has 8 aromatic carbocycles. The van der Waals surface area contributed by atoms with E-state index in [-0.39, 0.29) is 0 Å². The zero-order chi connectivity index (χ0) is 35.2. The molecule has 0 bridgehead atoms. The lowest BCUT2D eigenvalue weighted by Crippen LogP contribution is -1.90. The maximum absolute atomic E-state index is 7.04. The van der Waals surface area contributed by atoms with E-state index in [0.29, 0.717) is 0 Å². The Kier molecular flexibility index (Phi) is 6.79. The van der Waals surface area contributed by atoms with Crippen LogP contribution in [-0.2, 0) is 0 Å². The molecule has 0 saturated carbocycles. The van der Waals surface area contributed by atoms with Crippen LogP contribution in [0.5, 0.6) is 0 Å². The van der Waals surface area contributed by atoms with Crippen LogP contribution in [0.1, 0.15) is 9.75 Å². The number of benzene rings is 8. The zero-order valence-corrected chi connectivity index (χ0v) is 30.9. The third kappa shape index (κ3) is 4.61. The molecule has 3 heterocycles. The molecule has 1 nitrogen and oxygen atoms in total. The second kappa shape index (κ2) is 11.8. The smallest absolute Gasteiger partial charge is 0.143 e. The quantitative estimate of drug-likeness (QED) is 0.166. The fourth-order valence-electron chi connectivity index (χ4n) is 8.68. The topological polar surface area (TPSA) is 13.1 Å². The average Bonchev–Trinajstić information content (AvgIpc) is 3.93. The van der Waals surface area contributed by atoms with Crippen molar-refractivity contribution in [3.8, 4) is 43.1 Å². The molecule has 3 aromatic heterocycles. The van der Waals surface area contributed by atoms with Gasteiger partial charge in [-0.2, -0.15) is 0 Å². The largest absolute Gasteiger partial charge is 0.455 e. The molecule has 11 rings (SSSR count). The lowest BCUT2D eigenvalue weighted by atomic mass is 9.87. The summed E-state index contributed by atoms with van der Waals surface area (Å²) < 4.78 is 7.04. The van der Waals surface area contributed by atoms with Gasteiger partial charge < -0.3 is 4.42 Å². The second-order valence-corrected chi connectivity index (χ2v) is 16.6. The number of hydrogen-bond donors (Lipinski definition) is 0. The first-order valence-corrected chi connectivity index (χ1v) is 19.7. The lowest BCUT2D eigenvalue weighted by molar-refractivity contribution is 0.670. The predicted molar refractivity (Wildman–Crippen MR) is 231 cm³/mol. The summed E-state index contributed by atoms with van der Waals surface area (Å²) in [5.74, 6) is 0. The van der Waals surface area contributed by atoms with Crippen molar-refractivity contribution >= 4 is 87.7 Å². The minimum atomic E-state index is 0.898. The van der Waals surface area contributed by atoms with Gasteiger partial charge in [0.1, 0.15) is 11.2 Å². The van der Waals surface area contributed by atoms with Crippen LogP contribution in [0, 0.1) is 13.8 Å². The summed E-state index contributed by atoms with van der Waals surface area (Å²) in [6.45, 7) is 4.37. The number of para-hydroxylation sites is 1. The number of hydrogen-bond acceptors (Lipinski definition) is 3. The van der Waals surface area contributed by atoms with Gasteiger partial charge in [-0.1, -0.05) is 121 Å². The number of aryl methyl sites for hydroxylation is 2. The molecular weight excluding hydrogens is 681 g/mol. The Morgan fingerprint density at radius 1 is 0.358 bits per heavy atom. The van der Waals surface area contributed by atoms with E-state index in [4.69, 9.17) is 4.42 Å². The first-order chi connectivity index (χ1) is 26.1. The van der Waals surface area contributed by atoms with Crippen molar-refractivity contribution in [3.63, 3.8) is 0 Å². The molecule has 0 amide bonds. The third-order valence-corrected chi connectivity index (χ3v) is 12.9. The minimum Gasteiger partial charge on any atom is -0.455 e. The van der Waals surface area contributed by atoms with Gasteiger partial charge in [0.05, 0.1) is 0 Å². The van der Waals surface area contributed by atoms with E-state index in [2.05, 4.69) is 172 Å². The molecule has 3 heteroatoms. The van der Waals surface area contributed by atoms with Crippen molar-refractivity contribution in [2.45, 2.75) is 13.8 Å². The zero-order valence-electron chi connectivity index (χ0n) is 29.2. The van der Waals surface area contributed by atoms with Gasteiger partial charge >= 0.3 is 0 Å². The molecule has 0 aliphatic heterocycles. The molecule has 0 fully saturated rings. The first kappa shape index (κ1) is 30.6. The lowest BCUT2D eigenvalue weighted by Gasteiger charge is -2.17. The highest BCUT2D eigenvalue weighted by Gasteiger charge is 2.22. The SMILES string of the molecule is Cc1ccc(-c2c3ccccc3c(-c3ccc4c(c3)oc3c(-c5c6ccccc6c(-c6ccc(C)s6)c6ccccc56)cccc34)c3ccccc23)s1. The first-order valence-electron chi connectivity index (χ1n) is 18.1. The standard InChI is InChI=1S/C50H32OS2/c1-29-22-26-44(52-29)48-37-16-7-3-12-33(37)46(34-13-4-8-17-38(34)48)31-24-25-32-41-20-11-21-42(50(41)51-43(32)28-31)47-35-14-5-9-18-39(35)49(45-27-23-30(2)53-45)40-19-10-6-15-36(40)47/h3-28H,1-2H3. The Morgan fingerprint density at radius 2 is 0.792 bits per heavy atom. The van der Waals surface area contributed by atoms with Gasteiger partial charge in [-0.05, 0) is 104 Å². The summed E-state index contributed by atoms with van der Waals surface area (Å²) in [5, 5.41) is 12.3. The van der Waals surface area contributed by atoms with Crippen LogP contribution in [0.25, 0.3) is 108 Å². The van der Waals surface area contributed by atoms with Crippen LogP contribution in [0.2, 0.25) is 0 Å². The van der Waals surface area contributed by atoms with Crippen molar-refractivity contribution in [3.05, 3.63) is 167 Å². The van der Waals surface area contributed by atoms with E-state index < -0.39 is 0 Å². The summed E-state index contributed by atoms with van der Waals surface area (Å²) in [4.78, 5) is 5.24. The van der Waals surface area contributed by atoms with Crippen LogP contribution in [-0.4, -0.2) is 0 Å². The summed E-state index contributed by atoms with van der Waals surface area (Å²) in [6, 6.07) is 58.0. The van der Waals surface area contributed by atoms with Crippen LogP contribution in [0.3, 0.4) is 0 Å². The number of thiophene rings is 2. The molecule has 0 unspecified atom stereocenters. The van der Waals surface area contributed by atoms with E-state index in [9.17, 15) is 0 Å². The van der Waals surface area contributed by atoms with Gasteiger partial charge in [-0.15, -0.1) is 22.7 Å². The highest BCUT2D eigenvalue weighted by atomic mass is 32.1. The Balaban J connectivity index is 1.17. The third-order valence-electron chi connectivity index (χ3n) is 10.9. The van der Waals surface area contributed by atoms with Crippen molar-refractivity contribution in [2.75, 3.05) is 0 Å². The van der Waals surface area contributed by atoms with E-state index in [1.54, 1.807) is 0 Å². The minimum absolute atomic E-state index is 0.898. The van der Waals surface area contributed by atoms with Crippen molar-refractivity contribution in [1.29, 1.82) is 0 Å². The van der Waals surface area contributed by atoms with Crippen LogP contribution in [0.15, 0.2) is 162 Å². The Bertz CT molecular complexity index is 3150. The van der Waals surface area contributed by atoms with Gasteiger partial charge in [0.15, 0.2) is 0 Å². The monoisotopic (exact) mass is 712 g/mol. The van der Waals surface area contributed by atoms with Crippen molar-refractivity contribution < 1.29 is 4.42 Å². The molecule has 250 valence electrons. The summed E-state index contributed by atoms with van der Waals surface area (Å²) in [5.41, 5.74) is 9.18. The van der Waals surface area contributed by atoms with Crippen molar-refractivity contribution in [2.24, 2.45) is 0 Å². The van der Waals surface area contributed by atoms with Crippen molar-refractivity contribution in [1.82, 2.24) is 0 Å². The molecule has 0 radical (unpaired) electrons.